The van der Waals surface area contributed by atoms with Crippen LogP contribution in [0.1, 0.15) is 18.4 Å². The van der Waals surface area contributed by atoms with Crippen molar-refractivity contribution in [3.05, 3.63) is 68.8 Å². The van der Waals surface area contributed by atoms with E-state index in [0.29, 0.717) is 17.6 Å². The highest BCUT2D eigenvalue weighted by Crippen LogP contribution is 2.53. The van der Waals surface area contributed by atoms with E-state index in [9.17, 15) is 20.2 Å². The van der Waals surface area contributed by atoms with Crippen LogP contribution in [0, 0.1) is 32.1 Å². The van der Waals surface area contributed by atoms with Crippen LogP contribution >= 0.6 is 0 Å². The molecule has 0 amide bonds. The summed E-state index contributed by atoms with van der Waals surface area (Å²) in [6.45, 7) is 3.95. The number of hydrogen-bond donors (Lipinski definition) is 0. The minimum Gasteiger partial charge on any atom is -0.264 e. The Balaban J connectivity index is 1.98. The zero-order chi connectivity index (χ0) is 15.2. The Bertz CT molecular complexity index is 665. The molecule has 0 aliphatic heterocycles. The molecule has 1 aromatic rings. The number of non-ortho nitro benzene ring substituents is 1. The third kappa shape index (κ3) is 1.86. The summed E-state index contributed by atoms with van der Waals surface area (Å²) in [6, 6.07) is 5.80. The first-order valence-electron chi connectivity index (χ1n) is 6.72. The van der Waals surface area contributed by atoms with Crippen molar-refractivity contribution in [1.82, 2.24) is 0 Å². The van der Waals surface area contributed by atoms with E-state index in [1.165, 1.54) is 12.1 Å². The lowest BCUT2D eigenvalue weighted by molar-refractivity contribution is -0.556. The second-order valence-electron chi connectivity index (χ2n) is 5.66. The van der Waals surface area contributed by atoms with Crippen molar-refractivity contribution < 1.29 is 9.85 Å². The fourth-order valence-corrected chi connectivity index (χ4v) is 3.53. The van der Waals surface area contributed by atoms with Crippen molar-refractivity contribution >= 4 is 11.3 Å². The second kappa shape index (κ2) is 4.51. The zero-order valence-electron chi connectivity index (χ0n) is 11.3. The normalized spacial score (nSPS) is 29.5. The van der Waals surface area contributed by atoms with Crippen molar-refractivity contribution in [2.45, 2.75) is 18.4 Å². The highest BCUT2D eigenvalue weighted by Gasteiger charge is 2.60. The lowest BCUT2D eigenvalue weighted by Crippen LogP contribution is -2.43. The van der Waals surface area contributed by atoms with Crippen LogP contribution in [0.2, 0.25) is 0 Å². The van der Waals surface area contributed by atoms with E-state index in [-0.39, 0.29) is 22.4 Å². The van der Waals surface area contributed by atoms with E-state index in [2.05, 4.69) is 6.58 Å². The molecule has 1 aromatic carbocycles. The Labute approximate surface area is 121 Å². The van der Waals surface area contributed by atoms with Gasteiger partial charge in [-0.1, -0.05) is 18.7 Å². The van der Waals surface area contributed by atoms with Gasteiger partial charge in [-0.05, 0) is 30.0 Å². The first kappa shape index (κ1) is 13.5. The molecule has 6 nitrogen and oxygen atoms in total. The molecule has 0 spiro atoms. The van der Waals surface area contributed by atoms with Crippen LogP contribution in [-0.2, 0) is 0 Å². The molecule has 108 valence electrons. The summed E-state index contributed by atoms with van der Waals surface area (Å²) in [4.78, 5) is 21.7. The van der Waals surface area contributed by atoms with Crippen LogP contribution < -0.4 is 0 Å². The van der Waals surface area contributed by atoms with Gasteiger partial charge in [0.2, 0.25) is 0 Å². The van der Waals surface area contributed by atoms with Gasteiger partial charge in [0.15, 0.2) is 0 Å². The lowest BCUT2D eigenvalue weighted by atomic mass is 9.76. The Morgan fingerprint density at radius 3 is 2.29 bits per heavy atom. The maximum absolute atomic E-state index is 11.7. The van der Waals surface area contributed by atoms with E-state index >= 15 is 0 Å². The van der Waals surface area contributed by atoms with Gasteiger partial charge in [-0.25, -0.2) is 0 Å². The fraction of sp³-hybridized carbons (Fsp3) is 0.333. The van der Waals surface area contributed by atoms with Crippen molar-refractivity contribution in [1.29, 1.82) is 0 Å². The fourth-order valence-electron chi connectivity index (χ4n) is 3.53. The molecular weight excluding hydrogens is 272 g/mol. The first-order chi connectivity index (χ1) is 9.95. The van der Waals surface area contributed by atoms with Gasteiger partial charge in [-0.2, -0.15) is 0 Å². The minimum absolute atomic E-state index is 0.0328. The lowest BCUT2D eigenvalue weighted by Gasteiger charge is -2.29. The molecule has 2 aliphatic carbocycles. The van der Waals surface area contributed by atoms with E-state index in [1.54, 1.807) is 12.1 Å². The van der Waals surface area contributed by atoms with Crippen LogP contribution in [0.4, 0.5) is 5.69 Å². The van der Waals surface area contributed by atoms with E-state index < -0.39 is 10.5 Å². The molecular formula is C15H14N2O4. The highest BCUT2D eigenvalue weighted by molar-refractivity contribution is 5.72. The number of nitro groups is 2. The van der Waals surface area contributed by atoms with Gasteiger partial charge in [-0.15, -0.1) is 0 Å². The molecule has 1 unspecified atom stereocenters. The summed E-state index contributed by atoms with van der Waals surface area (Å²) in [6.07, 6.45) is 5.19. The molecule has 21 heavy (non-hydrogen) atoms. The SMILES string of the molecule is C=C(c1ccc([N+](=O)[O-])cc1)C1([N+](=O)[O-])C[C@H]2C=C[C@@H]1C2. The Morgan fingerprint density at radius 1 is 1.19 bits per heavy atom. The molecule has 0 saturated heterocycles. The number of nitro benzene ring substituents is 1. The number of benzene rings is 1. The Kier molecular flexibility index (Phi) is 2.90. The van der Waals surface area contributed by atoms with Crippen molar-refractivity contribution in [3.63, 3.8) is 0 Å². The topological polar surface area (TPSA) is 86.3 Å². The van der Waals surface area contributed by atoms with Crippen LogP contribution in [0.25, 0.3) is 5.57 Å². The number of rotatable bonds is 4. The van der Waals surface area contributed by atoms with Gasteiger partial charge in [0, 0.05) is 29.0 Å². The van der Waals surface area contributed by atoms with Crippen LogP contribution in [0.15, 0.2) is 43.0 Å². The summed E-state index contributed by atoms with van der Waals surface area (Å²) < 4.78 is 0. The number of hydrogen-bond acceptors (Lipinski definition) is 4. The standard InChI is InChI=1S/C15H14N2O4/c1-10(12-3-6-14(7-4-12)16(18)19)15(17(20)21)9-11-2-5-13(15)8-11/h2-7,11,13H,1,8-9H2/t11-,13+,15?/m0/s1. The van der Waals surface area contributed by atoms with Crippen molar-refractivity contribution in [2.75, 3.05) is 0 Å². The summed E-state index contributed by atoms with van der Waals surface area (Å²) in [5, 5.41) is 22.4. The van der Waals surface area contributed by atoms with Gasteiger partial charge in [0.25, 0.3) is 11.2 Å². The van der Waals surface area contributed by atoms with E-state index in [0.717, 1.165) is 6.42 Å². The molecule has 1 fully saturated rings. The molecule has 0 N–H and O–H groups in total. The number of nitrogens with zero attached hydrogens (tertiary/aromatic N) is 2. The molecule has 0 aromatic heterocycles. The average Bonchev–Trinajstić information content (AvgIpc) is 3.07. The predicted molar refractivity (Wildman–Crippen MR) is 77.2 cm³/mol. The predicted octanol–water partition coefficient (Wildman–Crippen LogP) is 3.22. The second-order valence-corrected chi connectivity index (χ2v) is 5.66. The van der Waals surface area contributed by atoms with Crippen molar-refractivity contribution in [3.8, 4) is 0 Å². The van der Waals surface area contributed by atoms with Gasteiger partial charge in [-0.3, -0.25) is 20.2 Å². The van der Waals surface area contributed by atoms with E-state index in [4.69, 9.17) is 0 Å². The highest BCUT2D eigenvalue weighted by atomic mass is 16.6. The smallest absolute Gasteiger partial charge is 0.264 e. The summed E-state index contributed by atoms with van der Waals surface area (Å²) in [5.41, 5.74) is -0.165. The van der Waals surface area contributed by atoms with Crippen LogP contribution in [0.5, 0.6) is 0 Å². The van der Waals surface area contributed by atoms with Gasteiger partial charge in [0.05, 0.1) is 10.8 Å². The molecule has 0 heterocycles. The third-order valence-electron chi connectivity index (χ3n) is 4.63. The van der Waals surface area contributed by atoms with Gasteiger partial charge >= 0.3 is 0 Å². The minimum atomic E-state index is -1.17. The summed E-state index contributed by atoms with van der Waals surface area (Å²) >= 11 is 0. The maximum Gasteiger partial charge on any atom is 0.269 e. The maximum atomic E-state index is 11.7. The third-order valence-corrected chi connectivity index (χ3v) is 4.63. The Morgan fingerprint density at radius 2 is 1.86 bits per heavy atom. The molecule has 3 atom stereocenters. The largest absolute Gasteiger partial charge is 0.269 e. The summed E-state index contributed by atoms with van der Waals surface area (Å²) in [5.74, 6) is 0.0930. The molecule has 0 radical (unpaired) electrons. The molecule has 1 saturated carbocycles. The molecule has 3 rings (SSSR count). The van der Waals surface area contributed by atoms with Gasteiger partial charge in [0.1, 0.15) is 0 Å². The average molecular weight is 286 g/mol. The van der Waals surface area contributed by atoms with Gasteiger partial charge < -0.3 is 0 Å². The first-order valence-corrected chi connectivity index (χ1v) is 6.72. The van der Waals surface area contributed by atoms with Crippen LogP contribution in [0.3, 0.4) is 0 Å². The monoisotopic (exact) mass is 286 g/mol. The van der Waals surface area contributed by atoms with E-state index in [1.807, 2.05) is 12.2 Å². The van der Waals surface area contributed by atoms with Crippen molar-refractivity contribution in [2.24, 2.45) is 11.8 Å². The number of fused-ring (bicyclic) bond motifs is 2. The molecule has 2 bridgehead atoms. The Hall–Kier alpha value is -2.50. The number of allylic oxidation sites excluding steroid dienone is 1. The summed E-state index contributed by atoms with van der Waals surface area (Å²) in [7, 11) is 0. The molecule has 6 heteroatoms. The quantitative estimate of drug-likeness (QED) is 0.483. The zero-order valence-corrected chi connectivity index (χ0v) is 11.3. The van der Waals surface area contributed by atoms with Crippen LogP contribution in [-0.4, -0.2) is 15.4 Å². The molecule has 2 aliphatic rings.